The summed E-state index contributed by atoms with van der Waals surface area (Å²) in [6, 6.07) is 21.7. The van der Waals surface area contributed by atoms with Crippen LogP contribution in [-0.2, 0) is 11.3 Å². The third kappa shape index (κ3) is 5.00. The average molecular weight is 430 g/mol. The number of pyridine rings is 1. The molecule has 0 aliphatic heterocycles. The van der Waals surface area contributed by atoms with E-state index in [1.165, 1.54) is 11.8 Å². The van der Waals surface area contributed by atoms with Crippen molar-refractivity contribution in [1.82, 2.24) is 19.7 Å². The van der Waals surface area contributed by atoms with E-state index in [-0.39, 0.29) is 11.2 Å². The Morgan fingerprint density at radius 1 is 1.00 bits per heavy atom. The predicted octanol–water partition coefficient (Wildman–Crippen LogP) is 4.82. The van der Waals surface area contributed by atoms with Gasteiger partial charge in [-0.25, -0.2) is 0 Å². The Kier molecular flexibility index (Phi) is 6.43. The highest BCUT2D eigenvalue weighted by Gasteiger charge is 2.21. The molecule has 1 amide bonds. The third-order valence-corrected chi connectivity index (χ3v) is 5.97. The van der Waals surface area contributed by atoms with Gasteiger partial charge < -0.3 is 5.32 Å². The highest BCUT2D eigenvalue weighted by molar-refractivity contribution is 8.00. The fourth-order valence-electron chi connectivity index (χ4n) is 3.16. The topological polar surface area (TPSA) is 72.7 Å². The van der Waals surface area contributed by atoms with Crippen LogP contribution < -0.4 is 5.32 Å². The van der Waals surface area contributed by atoms with E-state index in [0.29, 0.717) is 11.7 Å². The van der Waals surface area contributed by atoms with E-state index in [9.17, 15) is 4.79 Å². The van der Waals surface area contributed by atoms with Crippen LogP contribution in [0.2, 0.25) is 0 Å². The number of nitrogens with zero attached hydrogens (tertiary/aromatic N) is 4. The molecule has 0 spiro atoms. The highest BCUT2D eigenvalue weighted by atomic mass is 32.2. The molecule has 4 rings (SSSR count). The van der Waals surface area contributed by atoms with Crippen molar-refractivity contribution in [2.75, 3.05) is 5.32 Å². The molecule has 0 saturated carbocycles. The molecule has 0 saturated heterocycles. The zero-order valence-corrected chi connectivity index (χ0v) is 18.2. The SMILES string of the molecule is Cc1ccccc1NC(=O)C(C)Sc1nnc(-c2ccncc2)n1Cc1ccccc1. The summed E-state index contributed by atoms with van der Waals surface area (Å²) >= 11 is 1.40. The van der Waals surface area contributed by atoms with Gasteiger partial charge in [-0.1, -0.05) is 60.3 Å². The minimum atomic E-state index is -0.344. The minimum absolute atomic E-state index is 0.0703. The van der Waals surface area contributed by atoms with Crippen molar-refractivity contribution in [2.24, 2.45) is 0 Å². The summed E-state index contributed by atoms with van der Waals surface area (Å²) in [7, 11) is 0. The van der Waals surface area contributed by atoms with Crippen LogP contribution in [0.15, 0.2) is 84.3 Å². The summed E-state index contributed by atoms with van der Waals surface area (Å²) in [5, 5.41) is 12.2. The van der Waals surface area contributed by atoms with Gasteiger partial charge >= 0.3 is 0 Å². The second-order valence-corrected chi connectivity index (χ2v) is 8.49. The maximum atomic E-state index is 12.8. The van der Waals surface area contributed by atoms with Crippen LogP contribution in [0, 0.1) is 6.92 Å². The summed E-state index contributed by atoms with van der Waals surface area (Å²) < 4.78 is 2.05. The Bertz CT molecular complexity index is 1160. The van der Waals surface area contributed by atoms with Crippen LogP contribution >= 0.6 is 11.8 Å². The van der Waals surface area contributed by atoms with E-state index in [0.717, 1.165) is 28.2 Å². The first-order valence-corrected chi connectivity index (χ1v) is 10.9. The van der Waals surface area contributed by atoms with Crippen LogP contribution in [0.3, 0.4) is 0 Å². The van der Waals surface area contributed by atoms with Crippen LogP contribution in [0.4, 0.5) is 5.69 Å². The summed E-state index contributed by atoms with van der Waals surface area (Å²) in [5.41, 5.74) is 3.92. The van der Waals surface area contributed by atoms with Crippen molar-refractivity contribution >= 4 is 23.4 Å². The first-order chi connectivity index (χ1) is 15.1. The standard InChI is InChI=1S/C24H23N5OS/c1-17-8-6-7-11-21(17)26-23(30)18(2)31-24-28-27-22(20-12-14-25-15-13-20)29(24)16-19-9-4-3-5-10-19/h3-15,18H,16H2,1-2H3,(H,26,30). The molecule has 4 aromatic rings. The van der Waals surface area contributed by atoms with Gasteiger partial charge in [0, 0.05) is 23.6 Å². The van der Waals surface area contributed by atoms with Crippen molar-refractivity contribution < 1.29 is 4.79 Å². The second kappa shape index (κ2) is 9.57. The van der Waals surface area contributed by atoms with E-state index in [2.05, 4.69) is 32.6 Å². The van der Waals surface area contributed by atoms with Gasteiger partial charge in [-0.2, -0.15) is 0 Å². The Balaban J connectivity index is 1.59. The molecule has 0 fully saturated rings. The first kappa shape index (κ1) is 20.8. The smallest absolute Gasteiger partial charge is 0.237 e. The molecule has 0 aliphatic rings. The van der Waals surface area contributed by atoms with Crippen LogP contribution in [-0.4, -0.2) is 30.9 Å². The lowest BCUT2D eigenvalue weighted by Gasteiger charge is -2.15. The van der Waals surface area contributed by atoms with Gasteiger partial charge in [0.1, 0.15) is 0 Å². The number of hydrogen-bond donors (Lipinski definition) is 1. The van der Waals surface area contributed by atoms with E-state index >= 15 is 0 Å². The van der Waals surface area contributed by atoms with Gasteiger partial charge in [-0.3, -0.25) is 14.3 Å². The number of para-hydroxylation sites is 1. The van der Waals surface area contributed by atoms with Gasteiger partial charge in [-0.15, -0.1) is 10.2 Å². The van der Waals surface area contributed by atoms with Gasteiger partial charge in [0.15, 0.2) is 11.0 Å². The maximum Gasteiger partial charge on any atom is 0.237 e. The largest absolute Gasteiger partial charge is 0.325 e. The molecule has 31 heavy (non-hydrogen) atoms. The van der Waals surface area contributed by atoms with Gasteiger partial charge in [-0.05, 0) is 43.2 Å². The van der Waals surface area contributed by atoms with Gasteiger partial charge in [0.05, 0.1) is 11.8 Å². The van der Waals surface area contributed by atoms with E-state index in [1.54, 1.807) is 12.4 Å². The molecule has 2 aromatic carbocycles. The normalized spacial score (nSPS) is 11.8. The maximum absolute atomic E-state index is 12.8. The van der Waals surface area contributed by atoms with Crippen molar-refractivity contribution in [3.05, 3.63) is 90.3 Å². The molecule has 2 heterocycles. The molecule has 6 nitrogen and oxygen atoms in total. The number of amides is 1. The lowest BCUT2D eigenvalue weighted by molar-refractivity contribution is -0.115. The molecule has 1 unspecified atom stereocenters. The van der Waals surface area contributed by atoms with E-state index in [4.69, 9.17) is 0 Å². The molecule has 156 valence electrons. The molecular weight excluding hydrogens is 406 g/mol. The second-order valence-electron chi connectivity index (χ2n) is 7.18. The van der Waals surface area contributed by atoms with Crippen molar-refractivity contribution in [2.45, 2.75) is 30.8 Å². The Morgan fingerprint density at radius 2 is 1.71 bits per heavy atom. The summed E-state index contributed by atoms with van der Waals surface area (Å²) in [6.07, 6.45) is 3.48. The lowest BCUT2D eigenvalue weighted by atomic mass is 10.2. The number of aromatic nitrogens is 4. The molecule has 7 heteroatoms. The third-order valence-electron chi connectivity index (χ3n) is 4.89. The fourth-order valence-corrected chi connectivity index (χ4v) is 4.01. The molecule has 0 bridgehead atoms. The Hall–Kier alpha value is -3.45. The first-order valence-electron chi connectivity index (χ1n) is 10.0. The quantitative estimate of drug-likeness (QED) is 0.427. The number of rotatable bonds is 7. The van der Waals surface area contributed by atoms with Crippen LogP contribution in [0.1, 0.15) is 18.1 Å². The lowest BCUT2D eigenvalue weighted by Crippen LogP contribution is -2.23. The number of thioether (sulfide) groups is 1. The molecule has 2 aromatic heterocycles. The number of nitrogens with one attached hydrogen (secondary N) is 1. The summed E-state index contributed by atoms with van der Waals surface area (Å²) in [5.74, 6) is 0.680. The van der Waals surface area contributed by atoms with Crippen molar-refractivity contribution in [3.63, 3.8) is 0 Å². The van der Waals surface area contributed by atoms with Crippen LogP contribution in [0.5, 0.6) is 0 Å². The molecule has 0 radical (unpaired) electrons. The summed E-state index contributed by atoms with van der Waals surface area (Å²) in [6.45, 7) is 4.47. The average Bonchev–Trinajstić information content (AvgIpc) is 3.18. The molecule has 1 atom stereocenters. The number of aryl methyl sites for hydroxylation is 1. The predicted molar refractivity (Wildman–Crippen MR) is 124 cm³/mol. The van der Waals surface area contributed by atoms with Crippen molar-refractivity contribution in [3.8, 4) is 11.4 Å². The number of carbonyl (C=O) groups is 1. The molecule has 1 N–H and O–H groups in total. The molecular formula is C24H23N5OS. The van der Waals surface area contributed by atoms with Gasteiger partial charge in [0.2, 0.25) is 5.91 Å². The Labute approximate surface area is 185 Å². The summed E-state index contributed by atoms with van der Waals surface area (Å²) in [4.78, 5) is 16.9. The Morgan fingerprint density at radius 3 is 2.45 bits per heavy atom. The van der Waals surface area contributed by atoms with Gasteiger partial charge in [0.25, 0.3) is 0 Å². The number of benzene rings is 2. The fraction of sp³-hybridized carbons (Fsp3) is 0.167. The highest BCUT2D eigenvalue weighted by Crippen LogP contribution is 2.28. The zero-order chi connectivity index (χ0) is 21.6. The monoisotopic (exact) mass is 429 g/mol. The van der Waals surface area contributed by atoms with Crippen LogP contribution in [0.25, 0.3) is 11.4 Å². The van der Waals surface area contributed by atoms with E-state index in [1.807, 2.05) is 73.0 Å². The zero-order valence-electron chi connectivity index (χ0n) is 17.4. The van der Waals surface area contributed by atoms with E-state index < -0.39 is 0 Å². The number of hydrogen-bond acceptors (Lipinski definition) is 5. The number of anilines is 1. The molecule has 0 aliphatic carbocycles. The van der Waals surface area contributed by atoms with Crippen molar-refractivity contribution in [1.29, 1.82) is 0 Å². The minimum Gasteiger partial charge on any atom is -0.325 e. The number of carbonyl (C=O) groups excluding carboxylic acids is 1.